The summed E-state index contributed by atoms with van der Waals surface area (Å²) in [4.78, 5) is 51.1. The van der Waals surface area contributed by atoms with Crippen molar-refractivity contribution in [1.29, 1.82) is 0 Å². The summed E-state index contributed by atoms with van der Waals surface area (Å²) < 4.78 is 28.4. The third kappa shape index (κ3) is 8.22. The number of hydrogen-bond donors (Lipinski definition) is 0. The molecule has 0 amide bonds. The van der Waals surface area contributed by atoms with Gasteiger partial charge in [-0.1, -0.05) is 5.92 Å². The third-order valence-electron chi connectivity index (χ3n) is 5.06. The van der Waals surface area contributed by atoms with Crippen molar-refractivity contribution in [3.63, 3.8) is 0 Å². The summed E-state index contributed by atoms with van der Waals surface area (Å²) in [5.74, 6) is -0.188. The molecule has 204 valence electrons. The molecular formula is C27H42O9. The lowest BCUT2D eigenvalue weighted by atomic mass is 9.95. The second-order valence-electron chi connectivity index (χ2n) is 13.1. The molecule has 0 radical (unpaired) electrons. The highest BCUT2D eigenvalue weighted by atomic mass is 16.8. The minimum atomic E-state index is -1.46. The first-order chi connectivity index (χ1) is 16.0. The topological polar surface area (TPSA) is 114 Å². The van der Waals surface area contributed by atoms with E-state index in [0.29, 0.717) is 0 Å². The zero-order chi connectivity index (χ0) is 28.4. The highest BCUT2D eigenvalue weighted by Crippen LogP contribution is 2.35. The molecule has 0 saturated carbocycles. The Morgan fingerprint density at radius 2 is 1.00 bits per heavy atom. The van der Waals surface area contributed by atoms with E-state index in [4.69, 9.17) is 30.1 Å². The lowest BCUT2D eigenvalue weighted by Gasteiger charge is -2.30. The van der Waals surface area contributed by atoms with Gasteiger partial charge in [-0.25, -0.2) is 0 Å². The van der Waals surface area contributed by atoms with Crippen LogP contribution in [0, 0.1) is 34.0 Å². The van der Waals surface area contributed by atoms with Crippen LogP contribution in [0.1, 0.15) is 83.1 Å². The number of ether oxygens (including phenoxy) is 5. The van der Waals surface area contributed by atoms with Gasteiger partial charge in [0, 0.05) is 0 Å². The number of terminal acetylenes is 1. The Hall–Kier alpha value is -2.60. The SMILES string of the molecule is C#C[C@@H](OC(=O)C(C)(C)C)[C@H]1O[C@H](OC(=O)C(C)(C)C)[C@@H](OC(=O)C(C)(C)C)[C@@H]1OC(=O)C(C)(C)C. The summed E-state index contributed by atoms with van der Waals surface area (Å²) in [6.45, 7) is 19.7. The fraction of sp³-hybridized carbons (Fsp3) is 0.778. The van der Waals surface area contributed by atoms with Crippen LogP contribution in [0.4, 0.5) is 0 Å². The third-order valence-corrected chi connectivity index (χ3v) is 5.06. The lowest BCUT2D eigenvalue weighted by Crippen LogP contribution is -2.48. The Bertz CT molecular complexity index is 885. The molecule has 36 heavy (non-hydrogen) atoms. The van der Waals surface area contributed by atoms with Crippen molar-refractivity contribution in [3.05, 3.63) is 0 Å². The summed E-state index contributed by atoms with van der Waals surface area (Å²) in [5, 5.41) is 0. The molecule has 1 aliphatic rings. The first kappa shape index (κ1) is 31.4. The van der Waals surface area contributed by atoms with Crippen molar-refractivity contribution in [2.75, 3.05) is 0 Å². The fourth-order valence-electron chi connectivity index (χ4n) is 2.62. The van der Waals surface area contributed by atoms with E-state index in [9.17, 15) is 19.2 Å². The van der Waals surface area contributed by atoms with E-state index in [-0.39, 0.29) is 0 Å². The maximum atomic E-state index is 12.9. The largest absolute Gasteiger partial charge is 0.455 e. The molecule has 9 heteroatoms. The van der Waals surface area contributed by atoms with E-state index >= 15 is 0 Å². The summed E-state index contributed by atoms with van der Waals surface area (Å²) in [6.07, 6.45) is -1.06. The number of rotatable bonds is 5. The summed E-state index contributed by atoms with van der Waals surface area (Å²) in [7, 11) is 0. The summed E-state index contributed by atoms with van der Waals surface area (Å²) >= 11 is 0. The molecule has 0 aromatic carbocycles. The van der Waals surface area contributed by atoms with Crippen LogP contribution in [0.3, 0.4) is 0 Å². The van der Waals surface area contributed by atoms with Crippen molar-refractivity contribution in [1.82, 2.24) is 0 Å². The molecule has 0 aliphatic carbocycles. The minimum Gasteiger partial charge on any atom is -0.455 e. The Morgan fingerprint density at radius 3 is 1.36 bits per heavy atom. The van der Waals surface area contributed by atoms with Gasteiger partial charge in [-0.05, 0) is 83.1 Å². The maximum absolute atomic E-state index is 12.9. The zero-order valence-corrected chi connectivity index (χ0v) is 23.6. The van der Waals surface area contributed by atoms with Gasteiger partial charge in [0.2, 0.25) is 12.4 Å². The molecule has 0 bridgehead atoms. The monoisotopic (exact) mass is 510 g/mol. The second-order valence-corrected chi connectivity index (χ2v) is 13.1. The fourth-order valence-corrected chi connectivity index (χ4v) is 2.62. The predicted octanol–water partition coefficient (Wildman–Crippen LogP) is 3.81. The van der Waals surface area contributed by atoms with E-state index in [1.54, 1.807) is 83.1 Å². The van der Waals surface area contributed by atoms with Crippen molar-refractivity contribution >= 4 is 23.9 Å². The number of carbonyl (C=O) groups excluding carboxylic acids is 4. The molecule has 0 aromatic heterocycles. The number of hydrogen-bond acceptors (Lipinski definition) is 9. The normalized spacial score (nSPS) is 23.8. The average molecular weight is 511 g/mol. The minimum absolute atomic E-state index is 0.617. The molecular weight excluding hydrogens is 468 g/mol. The van der Waals surface area contributed by atoms with Gasteiger partial charge < -0.3 is 23.7 Å². The van der Waals surface area contributed by atoms with E-state index in [1.807, 2.05) is 0 Å². The Morgan fingerprint density at radius 1 is 0.639 bits per heavy atom. The van der Waals surface area contributed by atoms with E-state index in [1.165, 1.54) is 0 Å². The molecule has 1 aliphatic heterocycles. The van der Waals surface area contributed by atoms with Gasteiger partial charge in [-0.2, -0.15) is 0 Å². The van der Waals surface area contributed by atoms with Gasteiger partial charge in [0.05, 0.1) is 21.7 Å². The molecule has 9 nitrogen and oxygen atoms in total. The molecule has 0 N–H and O–H groups in total. The second kappa shape index (κ2) is 10.8. The smallest absolute Gasteiger partial charge is 0.313 e. The standard InChI is InChI=1S/C27H42O9/c1-14-15(32-20(28)24(2,3)4)16-17(34-21(29)25(5,6)7)18(35-22(30)26(8,9)10)19(33-16)36-23(31)27(11,12)13/h1,15-19H,2-13H3/t15-,16-,17-,18+,19-/m1/s1. The average Bonchev–Trinajstić information content (AvgIpc) is 2.99. The van der Waals surface area contributed by atoms with Gasteiger partial charge >= 0.3 is 23.9 Å². The number of esters is 4. The van der Waals surface area contributed by atoms with Gasteiger partial charge in [0.25, 0.3) is 0 Å². The molecule has 1 fully saturated rings. The Labute approximate surface area is 214 Å². The number of carbonyl (C=O) groups is 4. The summed E-state index contributed by atoms with van der Waals surface area (Å²) in [5.41, 5.74) is -3.67. The van der Waals surface area contributed by atoms with E-state index in [2.05, 4.69) is 5.92 Å². The van der Waals surface area contributed by atoms with Gasteiger partial charge in [0.1, 0.15) is 0 Å². The highest BCUT2D eigenvalue weighted by Gasteiger charge is 2.56. The maximum Gasteiger partial charge on any atom is 0.313 e. The first-order valence-electron chi connectivity index (χ1n) is 12.0. The molecule has 5 atom stereocenters. The van der Waals surface area contributed by atoms with Crippen molar-refractivity contribution < 1.29 is 42.9 Å². The van der Waals surface area contributed by atoms with Gasteiger partial charge in [0.15, 0.2) is 18.3 Å². The predicted molar refractivity (Wildman–Crippen MR) is 131 cm³/mol. The van der Waals surface area contributed by atoms with Crippen molar-refractivity contribution in [2.45, 2.75) is 114 Å². The van der Waals surface area contributed by atoms with Gasteiger partial charge in [-0.15, -0.1) is 6.42 Å². The van der Waals surface area contributed by atoms with Crippen LogP contribution < -0.4 is 0 Å². The van der Waals surface area contributed by atoms with Crippen LogP contribution in [0.2, 0.25) is 0 Å². The van der Waals surface area contributed by atoms with Crippen LogP contribution >= 0.6 is 0 Å². The molecule has 0 unspecified atom stereocenters. The molecule has 1 saturated heterocycles. The summed E-state index contributed by atoms with van der Waals surface area (Å²) in [6, 6.07) is 0. The lowest BCUT2D eigenvalue weighted by molar-refractivity contribution is -0.210. The first-order valence-corrected chi connectivity index (χ1v) is 12.0. The van der Waals surface area contributed by atoms with Gasteiger partial charge in [-0.3, -0.25) is 19.2 Å². The van der Waals surface area contributed by atoms with Crippen LogP contribution in [-0.2, 0) is 42.9 Å². The van der Waals surface area contributed by atoms with Crippen LogP contribution in [0.25, 0.3) is 0 Å². The quantitative estimate of drug-likeness (QED) is 0.309. The Kier molecular flexibility index (Phi) is 9.42. The Balaban J connectivity index is 3.56. The van der Waals surface area contributed by atoms with Crippen LogP contribution in [-0.4, -0.2) is 54.6 Å². The van der Waals surface area contributed by atoms with Crippen molar-refractivity contribution in [3.8, 4) is 12.3 Å². The molecule has 0 aromatic rings. The van der Waals surface area contributed by atoms with Crippen molar-refractivity contribution in [2.24, 2.45) is 21.7 Å². The highest BCUT2D eigenvalue weighted by molar-refractivity contribution is 5.78. The van der Waals surface area contributed by atoms with Crippen LogP contribution in [0.5, 0.6) is 0 Å². The molecule has 1 rings (SSSR count). The zero-order valence-electron chi connectivity index (χ0n) is 23.6. The van der Waals surface area contributed by atoms with E-state index in [0.717, 1.165) is 0 Å². The van der Waals surface area contributed by atoms with E-state index < -0.39 is 76.2 Å². The van der Waals surface area contributed by atoms with Crippen LogP contribution in [0.15, 0.2) is 0 Å². The molecule has 1 heterocycles. The molecule has 0 spiro atoms.